The Morgan fingerprint density at radius 1 is 1.35 bits per heavy atom. The number of amides is 2. The van der Waals surface area contributed by atoms with E-state index in [-0.39, 0.29) is 12.1 Å². The topological polar surface area (TPSA) is 71.5 Å². The molecule has 2 rings (SSSR count). The van der Waals surface area contributed by atoms with Gasteiger partial charge in [0.15, 0.2) is 0 Å². The van der Waals surface area contributed by atoms with Crippen LogP contribution >= 0.6 is 0 Å². The highest BCUT2D eigenvalue weighted by Gasteiger charge is 2.23. The minimum atomic E-state index is -0.116. The molecular formula is C17H25N3O3. The molecule has 2 aromatic heterocycles. The van der Waals surface area contributed by atoms with Crippen molar-refractivity contribution in [2.24, 2.45) is 0 Å². The van der Waals surface area contributed by atoms with Gasteiger partial charge in [-0.05, 0) is 45.7 Å². The minimum absolute atomic E-state index is 0.111. The van der Waals surface area contributed by atoms with E-state index in [0.29, 0.717) is 13.1 Å². The van der Waals surface area contributed by atoms with Gasteiger partial charge in [0.2, 0.25) is 0 Å². The van der Waals surface area contributed by atoms with Crippen LogP contribution in [0, 0.1) is 20.8 Å². The standard InChI is InChI=1S/C17H25N3O3/c1-6-14(16-12(4)19-23-13(16)5)18-17(21)20(7-2)10-15-11(3)8-9-22-15/h8-9,14H,6-7,10H2,1-5H3,(H,18,21). The quantitative estimate of drug-likeness (QED) is 0.877. The zero-order valence-corrected chi connectivity index (χ0v) is 14.5. The van der Waals surface area contributed by atoms with Crippen molar-refractivity contribution in [3.8, 4) is 0 Å². The summed E-state index contributed by atoms with van der Waals surface area (Å²) >= 11 is 0. The van der Waals surface area contributed by atoms with Crippen LogP contribution in [0.1, 0.15) is 54.7 Å². The molecule has 2 heterocycles. The Bertz CT molecular complexity index is 640. The fraction of sp³-hybridized carbons (Fsp3) is 0.529. The summed E-state index contributed by atoms with van der Waals surface area (Å²) in [6.45, 7) is 10.8. The highest BCUT2D eigenvalue weighted by atomic mass is 16.5. The smallest absolute Gasteiger partial charge is 0.318 e. The number of furan rings is 1. The number of urea groups is 1. The van der Waals surface area contributed by atoms with Crippen molar-refractivity contribution in [2.75, 3.05) is 6.54 Å². The molecule has 0 radical (unpaired) electrons. The van der Waals surface area contributed by atoms with Crippen LogP contribution in [0.5, 0.6) is 0 Å². The summed E-state index contributed by atoms with van der Waals surface area (Å²) < 4.78 is 10.7. The first-order chi connectivity index (χ1) is 11.0. The van der Waals surface area contributed by atoms with Gasteiger partial charge in [-0.25, -0.2) is 4.79 Å². The molecule has 0 aliphatic carbocycles. The molecule has 0 spiro atoms. The molecule has 0 bridgehead atoms. The van der Waals surface area contributed by atoms with Gasteiger partial charge in [0.05, 0.1) is 24.5 Å². The minimum Gasteiger partial charge on any atom is -0.467 e. The third-order valence-corrected chi connectivity index (χ3v) is 4.11. The fourth-order valence-corrected chi connectivity index (χ4v) is 2.67. The highest BCUT2D eigenvalue weighted by molar-refractivity contribution is 5.74. The van der Waals surface area contributed by atoms with Crippen molar-refractivity contribution in [3.05, 3.63) is 40.7 Å². The number of carbonyl (C=O) groups is 1. The lowest BCUT2D eigenvalue weighted by Gasteiger charge is -2.24. The molecule has 0 saturated heterocycles. The van der Waals surface area contributed by atoms with Crippen LogP contribution in [0.4, 0.5) is 4.79 Å². The predicted octanol–water partition coefficient (Wildman–Crippen LogP) is 3.88. The van der Waals surface area contributed by atoms with E-state index in [1.54, 1.807) is 11.2 Å². The molecule has 1 N–H and O–H groups in total. The lowest BCUT2D eigenvalue weighted by molar-refractivity contribution is 0.189. The summed E-state index contributed by atoms with van der Waals surface area (Å²) in [5.74, 6) is 1.56. The first-order valence-electron chi connectivity index (χ1n) is 7.99. The third-order valence-electron chi connectivity index (χ3n) is 4.11. The first-order valence-corrected chi connectivity index (χ1v) is 7.99. The molecule has 23 heavy (non-hydrogen) atoms. The Hall–Kier alpha value is -2.24. The van der Waals surface area contributed by atoms with Gasteiger partial charge < -0.3 is 19.2 Å². The first kappa shape index (κ1) is 17.1. The number of aromatic nitrogens is 1. The summed E-state index contributed by atoms with van der Waals surface area (Å²) in [4.78, 5) is 14.3. The second kappa shape index (κ2) is 7.35. The van der Waals surface area contributed by atoms with Gasteiger partial charge in [-0.15, -0.1) is 0 Å². The maximum atomic E-state index is 12.6. The Balaban J connectivity index is 2.10. The maximum absolute atomic E-state index is 12.6. The van der Waals surface area contributed by atoms with Crippen molar-refractivity contribution in [3.63, 3.8) is 0 Å². The lowest BCUT2D eigenvalue weighted by atomic mass is 10.0. The number of nitrogens with zero attached hydrogens (tertiary/aromatic N) is 2. The Labute approximate surface area is 136 Å². The average Bonchev–Trinajstić information content (AvgIpc) is 3.08. The summed E-state index contributed by atoms with van der Waals surface area (Å²) in [5, 5.41) is 7.05. The maximum Gasteiger partial charge on any atom is 0.318 e. The molecule has 126 valence electrons. The molecule has 2 amide bonds. The van der Waals surface area contributed by atoms with Crippen LogP contribution in [0.15, 0.2) is 21.3 Å². The van der Waals surface area contributed by atoms with E-state index >= 15 is 0 Å². The molecule has 1 atom stereocenters. The lowest BCUT2D eigenvalue weighted by Crippen LogP contribution is -2.41. The molecule has 0 saturated carbocycles. The van der Waals surface area contributed by atoms with Gasteiger partial charge in [-0.3, -0.25) is 0 Å². The molecule has 6 heteroatoms. The van der Waals surface area contributed by atoms with Gasteiger partial charge in [-0.1, -0.05) is 12.1 Å². The second-order valence-corrected chi connectivity index (χ2v) is 5.69. The van der Waals surface area contributed by atoms with E-state index in [0.717, 1.165) is 34.8 Å². The van der Waals surface area contributed by atoms with Gasteiger partial charge in [-0.2, -0.15) is 0 Å². The number of aryl methyl sites for hydroxylation is 3. The van der Waals surface area contributed by atoms with Crippen molar-refractivity contribution in [1.82, 2.24) is 15.4 Å². The zero-order chi connectivity index (χ0) is 17.0. The molecule has 0 aliphatic heterocycles. The fourth-order valence-electron chi connectivity index (χ4n) is 2.67. The Kier molecular flexibility index (Phi) is 5.47. The van der Waals surface area contributed by atoms with Crippen LogP contribution in [-0.2, 0) is 6.54 Å². The van der Waals surface area contributed by atoms with Crippen molar-refractivity contribution in [2.45, 2.75) is 53.6 Å². The normalized spacial score (nSPS) is 12.2. The van der Waals surface area contributed by atoms with Gasteiger partial charge in [0.25, 0.3) is 0 Å². The molecular weight excluding hydrogens is 294 g/mol. The van der Waals surface area contributed by atoms with E-state index in [1.165, 1.54) is 0 Å². The largest absolute Gasteiger partial charge is 0.467 e. The summed E-state index contributed by atoms with van der Waals surface area (Å²) in [7, 11) is 0. The van der Waals surface area contributed by atoms with E-state index < -0.39 is 0 Å². The third kappa shape index (κ3) is 3.75. The van der Waals surface area contributed by atoms with Crippen LogP contribution in [-0.4, -0.2) is 22.6 Å². The Morgan fingerprint density at radius 2 is 2.09 bits per heavy atom. The predicted molar refractivity (Wildman–Crippen MR) is 87.1 cm³/mol. The average molecular weight is 319 g/mol. The van der Waals surface area contributed by atoms with E-state index in [9.17, 15) is 4.79 Å². The monoisotopic (exact) mass is 319 g/mol. The number of hydrogen-bond donors (Lipinski definition) is 1. The van der Waals surface area contributed by atoms with E-state index in [4.69, 9.17) is 8.94 Å². The molecule has 0 aliphatic rings. The molecule has 0 fully saturated rings. The van der Waals surface area contributed by atoms with Crippen molar-refractivity contribution >= 4 is 6.03 Å². The molecule has 1 unspecified atom stereocenters. The van der Waals surface area contributed by atoms with Crippen molar-refractivity contribution in [1.29, 1.82) is 0 Å². The molecule has 0 aromatic carbocycles. The number of nitrogens with one attached hydrogen (secondary N) is 1. The van der Waals surface area contributed by atoms with E-state index in [1.807, 2.05) is 40.7 Å². The SMILES string of the molecule is CCC(NC(=O)N(CC)Cc1occc1C)c1c(C)noc1C. The van der Waals surface area contributed by atoms with Crippen LogP contribution < -0.4 is 5.32 Å². The number of hydrogen-bond acceptors (Lipinski definition) is 4. The van der Waals surface area contributed by atoms with Crippen LogP contribution in [0.25, 0.3) is 0 Å². The van der Waals surface area contributed by atoms with Gasteiger partial charge >= 0.3 is 6.03 Å². The Morgan fingerprint density at radius 3 is 2.57 bits per heavy atom. The number of carbonyl (C=O) groups excluding carboxylic acids is 1. The summed E-state index contributed by atoms with van der Waals surface area (Å²) in [5.41, 5.74) is 2.83. The second-order valence-electron chi connectivity index (χ2n) is 5.69. The number of rotatable bonds is 6. The summed E-state index contributed by atoms with van der Waals surface area (Å²) in [6.07, 6.45) is 2.42. The zero-order valence-electron chi connectivity index (χ0n) is 14.5. The van der Waals surface area contributed by atoms with E-state index in [2.05, 4.69) is 10.5 Å². The van der Waals surface area contributed by atoms with Gasteiger partial charge in [0, 0.05) is 12.1 Å². The molecule has 6 nitrogen and oxygen atoms in total. The van der Waals surface area contributed by atoms with Gasteiger partial charge in [0.1, 0.15) is 11.5 Å². The summed E-state index contributed by atoms with van der Waals surface area (Å²) in [6, 6.07) is 1.68. The molecule has 2 aromatic rings. The van der Waals surface area contributed by atoms with Crippen LogP contribution in [0.2, 0.25) is 0 Å². The van der Waals surface area contributed by atoms with Crippen molar-refractivity contribution < 1.29 is 13.7 Å². The van der Waals surface area contributed by atoms with Crippen LogP contribution in [0.3, 0.4) is 0 Å². The highest BCUT2D eigenvalue weighted by Crippen LogP contribution is 2.24.